The Kier molecular flexibility index (Phi) is 5.26. The summed E-state index contributed by atoms with van der Waals surface area (Å²) in [6, 6.07) is 1.65. The van der Waals surface area contributed by atoms with Gasteiger partial charge in [-0.15, -0.1) is 0 Å². The Bertz CT molecular complexity index is 1200. The van der Waals surface area contributed by atoms with Gasteiger partial charge in [0.25, 0.3) is 0 Å². The summed E-state index contributed by atoms with van der Waals surface area (Å²) in [7, 11) is 0. The molecule has 2 aliphatic heterocycles. The van der Waals surface area contributed by atoms with Crippen molar-refractivity contribution in [3.63, 3.8) is 0 Å². The van der Waals surface area contributed by atoms with Crippen molar-refractivity contribution >= 4 is 28.6 Å². The predicted octanol–water partition coefficient (Wildman–Crippen LogP) is 3.63. The van der Waals surface area contributed by atoms with Gasteiger partial charge < -0.3 is 19.8 Å². The summed E-state index contributed by atoms with van der Waals surface area (Å²) in [6.07, 6.45) is 4.22. The summed E-state index contributed by atoms with van der Waals surface area (Å²) in [5.41, 5.74) is 1.40. The van der Waals surface area contributed by atoms with E-state index < -0.39 is 23.5 Å². The Morgan fingerprint density at radius 1 is 1.03 bits per heavy atom. The van der Waals surface area contributed by atoms with Crippen molar-refractivity contribution < 1.29 is 23.1 Å². The molecule has 5 rings (SSSR count). The molecule has 11 heteroatoms. The minimum atomic E-state index is -1.52. The largest absolute Gasteiger partial charge is 0.465 e. The predicted molar refractivity (Wildman–Crippen MR) is 117 cm³/mol. The molecular weight excluding hydrogens is 437 g/mol. The van der Waals surface area contributed by atoms with E-state index in [2.05, 4.69) is 14.9 Å². The molecule has 1 aromatic carbocycles. The molecule has 0 saturated carbocycles. The quantitative estimate of drug-likeness (QED) is 0.602. The van der Waals surface area contributed by atoms with E-state index in [1.54, 1.807) is 10.8 Å². The van der Waals surface area contributed by atoms with Gasteiger partial charge in [-0.1, -0.05) is 0 Å². The van der Waals surface area contributed by atoms with Gasteiger partial charge in [0.05, 0.1) is 16.8 Å². The summed E-state index contributed by atoms with van der Waals surface area (Å²) >= 11 is 0. The van der Waals surface area contributed by atoms with Crippen LogP contribution in [0.1, 0.15) is 19.8 Å². The second-order valence-corrected chi connectivity index (χ2v) is 8.47. The first-order valence-corrected chi connectivity index (χ1v) is 10.9. The Balaban J connectivity index is 1.66. The fraction of sp³-hybridized carbons (Fsp3) is 0.409. The van der Waals surface area contributed by atoms with Crippen molar-refractivity contribution in [3.8, 4) is 5.69 Å². The molecule has 2 aromatic heterocycles. The fourth-order valence-corrected chi connectivity index (χ4v) is 4.78. The number of benzene rings is 1. The number of aromatic nitrogens is 3. The lowest BCUT2D eigenvalue weighted by Gasteiger charge is -2.39. The van der Waals surface area contributed by atoms with Crippen LogP contribution in [0.25, 0.3) is 16.7 Å². The van der Waals surface area contributed by atoms with E-state index in [0.29, 0.717) is 31.1 Å². The van der Waals surface area contributed by atoms with Gasteiger partial charge in [-0.05, 0) is 19.8 Å². The number of piperazine rings is 1. The third-order valence-corrected chi connectivity index (χ3v) is 6.41. The molecule has 0 bridgehead atoms. The van der Waals surface area contributed by atoms with Crippen LogP contribution in [-0.4, -0.2) is 69.4 Å². The molecule has 4 heterocycles. The summed E-state index contributed by atoms with van der Waals surface area (Å²) in [5.74, 6) is -3.43. The average Bonchev–Trinajstić information content (AvgIpc) is 3.44. The van der Waals surface area contributed by atoms with Gasteiger partial charge in [0.15, 0.2) is 23.1 Å². The minimum absolute atomic E-state index is 0.121. The lowest BCUT2D eigenvalue weighted by atomic mass is 10.2. The third-order valence-electron chi connectivity index (χ3n) is 6.41. The summed E-state index contributed by atoms with van der Waals surface area (Å²) < 4.78 is 43.2. The van der Waals surface area contributed by atoms with Crippen LogP contribution in [0.4, 0.5) is 29.5 Å². The Labute approximate surface area is 187 Å². The number of hydrogen-bond acceptors (Lipinski definition) is 5. The number of rotatable bonds is 3. The van der Waals surface area contributed by atoms with Gasteiger partial charge >= 0.3 is 6.09 Å². The Morgan fingerprint density at radius 3 is 2.36 bits per heavy atom. The highest BCUT2D eigenvalue weighted by atomic mass is 19.2. The van der Waals surface area contributed by atoms with Crippen molar-refractivity contribution in [3.05, 3.63) is 42.1 Å². The zero-order chi connectivity index (χ0) is 23.3. The number of fused-ring (bicyclic) bond motifs is 1. The highest BCUT2D eigenvalue weighted by Gasteiger charge is 2.31. The van der Waals surface area contributed by atoms with Crippen LogP contribution in [0.2, 0.25) is 0 Å². The minimum Gasteiger partial charge on any atom is -0.465 e. The highest BCUT2D eigenvalue weighted by molar-refractivity contribution is 6.00. The number of carbonyl (C=O) groups is 1. The van der Waals surface area contributed by atoms with Gasteiger partial charge in [-0.2, -0.15) is 0 Å². The lowest BCUT2D eigenvalue weighted by Crippen LogP contribution is -2.54. The van der Waals surface area contributed by atoms with Crippen molar-refractivity contribution in [1.82, 2.24) is 19.4 Å². The van der Waals surface area contributed by atoms with Gasteiger partial charge in [0, 0.05) is 57.1 Å². The number of amides is 1. The van der Waals surface area contributed by atoms with Gasteiger partial charge in [-0.25, -0.2) is 27.9 Å². The third kappa shape index (κ3) is 3.61. The first-order chi connectivity index (χ1) is 15.8. The lowest BCUT2D eigenvalue weighted by molar-refractivity contribution is 0.122. The fourth-order valence-electron chi connectivity index (χ4n) is 4.78. The smallest absolute Gasteiger partial charge is 0.407 e. The van der Waals surface area contributed by atoms with Crippen molar-refractivity contribution in [1.29, 1.82) is 0 Å². The molecule has 3 aromatic rings. The van der Waals surface area contributed by atoms with E-state index in [-0.39, 0.29) is 11.7 Å². The van der Waals surface area contributed by atoms with E-state index in [9.17, 15) is 23.1 Å². The number of anilines is 2. The summed E-state index contributed by atoms with van der Waals surface area (Å²) in [5, 5.41) is 10.1. The molecule has 1 atom stereocenters. The maximum absolute atomic E-state index is 14.0. The van der Waals surface area contributed by atoms with E-state index in [1.807, 2.05) is 11.8 Å². The molecule has 2 fully saturated rings. The molecule has 174 valence electrons. The second-order valence-electron chi connectivity index (χ2n) is 8.47. The molecule has 2 aliphatic rings. The molecule has 0 spiro atoms. The molecule has 1 amide bonds. The number of halogens is 3. The topological polar surface area (TPSA) is 77.7 Å². The molecule has 2 saturated heterocycles. The van der Waals surface area contributed by atoms with Crippen LogP contribution in [-0.2, 0) is 0 Å². The van der Waals surface area contributed by atoms with Crippen molar-refractivity contribution in [2.45, 2.75) is 25.8 Å². The number of carboxylic acid groups (broad SMARTS) is 1. The van der Waals surface area contributed by atoms with Crippen LogP contribution in [0, 0.1) is 17.5 Å². The maximum atomic E-state index is 14.0. The van der Waals surface area contributed by atoms with Gasteiger partial charge in [0.1, 0.15) is 12.1 Å². The van der Waals surface area contributed by atoms with Crippen molar-refractivity contribution in [2.75, 3.05) is 42.5 Å². The molecule has 1 unspecified atom stereocenters. The zero-order valence-electron chi connectivity index (χ0n) is 18.0. The van der Waals surface area contributed by atoms with E-state index >= 15 is 0 Å². The maximum Gasteiger partial charge on any atom is 0.407 e. The summed E-state index contributed by atoms with van der Waals surface area (Å²) in [6.45, 7) is 4.72. The molecule has 1 N–H and O–H groups in total. The van der Waals surface area contributed by atoms with E-state index in [4.69, 9.17) is 0 Å². The Morgan fingerprint density at radius 2 is 1.73 bits per heavy atom. The van der Waals surface area contributed by atoms with Gasteiger partial charge in [-0.3, -0.25) is 4.57 Å². The number of nitrogens with zero attached hydrogens (tertiary/aromatic N) is 6. The zero-order valence-corrected chi connectivity index (χ0v) is 18.0. The van der Waals surface area contributed by atoms with Crippen molar-refractivity contribution in [2.24, 2.45) is 0 Å². The van der Waals surface area contributed by atoms with Crippen LogP contribution < -0.4 is 9.80 Å². The SMILES string of the molecule is CC1CN(c2ncnc3c2c(N2CCCC2)cn3-c2cc(F)c(F)c(F)c2)CCN1C(=O)O. The first-order valence-electron chi connectivity index (χ1n) is 10.9. The standard InChI is InChI=1S/C22H23F3N6O2/c1-13-10-29(6-7-30(13)22(32)33)20-18-17(28-4-2-3-5-28)11-31(21(18)27-12-26-20)14-8-15(23)19(25)16(24)9-14/h8-9,11-13H,2-7,10H2,1H3,(H,32,33). The molecular formula is C22H23F3N6O2. The van der Waals surface area contributed by atoms with Crippen LogP contribution in [0.15, 0.2) is 24.7 Å². The average molecular weight is 460 g/mol. The molecule has 0 aliphatic carbocycles. The number of hydrogen-bond donors (Lipinski definition) is 1. The van der Waals surface area contributed by atoms with Crippen LogP contribution >= 0.6 is 0 Å². The van der Waals surface area contributed by atoms with Gasteiger partial charge in [0.2, 0.25) is 0 Å². The highest BCUT2D eigenvalue weighted by Crippen LogP contribution is 2.38. The first kappa shape index (κ1) is 21.4. The molecule has 33 heavy (non-hydrogen) atoms. The van der Waals surface area contributed by atoms with Crippen LogP contribution in [0.5, 0.6) is 0 Å². The normalized spacial score (nSPS) is 19.0. The van der Waals surface area contributed by atoms with Crippen LogP contribution in [0.3, 0.4) is 0 Å². The van der Waals surface area contributed by atoms with E-state index in [1.165, 1.54) is 11.2 Å². The van der Waals surface area contributed by atoms with E-state index in [0.717, 1.165) is 49.1 Å². The summed E-state index contributed by atoms with van der Waals surface area (Å²) in [4.78, 5) is 26.0. The molecule has 8 nitrogen and oxygen atoms in total. The monoisotopic (exact) mass is 460 g/mol. The Hall–Kier alpha value is -3.50. The molecule has 0 radical (unpaired) electrons. The second kappa shape index (κ2) is 8.13.